The normalized spacial score (nSPS) is 11.3. The lowest BCUT2D eigenvalue weighted by molar-refractivity contribution is 1.15. The molecule has 43 heavy (non-hydrogen) atoms. The molecule has 0 bridgehead atoms. The van der Waals surface area contributed by atoms with E-state index in [1.54, 1.807) is 0 Å². The SMILES string of the molecule is O=c1nc2c3ccccc3c(-c3cccc(-c4cc(-c5ccccc5)cc(-c5ccccc5)c4)c3)cn2c2ccccc12. The van der Waals surface area contributed by atoms with Gasteiger partial charge in [0.15, 0.2) is 0 Å². The maximum absolute atomic E-state index is 12.9. The van der Waals surface area contributed by atoms with Crippen LogP contribution >= 0.6 is 0 Å². The number of pyridine rings is 1. The molecule has 0 radical (unpaired) electrons. The summed E-state index contributed by atoms with van der Waals surface area (Å²) in [6, 6.07) is 52.5. The van der Waals surface area contributed by atoms with Crippen LogP contribution in [-0.2, 0) is 0 Å². The predicted octanol–water partition coefficient (Wildman–Crippen LogP) is 9.67. The third kappa shape index (κ3) is 4.39. The Morgan fingerprint density at radius 2 is 0.907 bits per heavy atom. The zero-order valence-corrected chi connectivity index (χ0v) is 23.3. The molecule has 0 atom stereocenters. The molecule has 3 heteroatoms. The predicted molar refractivity (Wildman–Crippen MR) is 178 cm³/mol. The van der Waals surface area contributed by atoms with E-state index in [1.165, 1.54) is 22.3 Å². The summed E-state index contributed by atoms with van der Waals surface area (Å²) in [5.41, 5.74) is 10.5. The Kier molecular flexibility index (Phi) is 5.94. The van der Waals surface area contributed by atoms with Gasteiger partial charge in [-0.25, -0.2) is 0 Å². The number of benzene rings is 6. The second kappa shape index (κ2) is 10.2. The Bertz CT molecular complexity index is 2300. The summed E-state index contributed by atoms with van der Waals surface area (Å²) in [5, 5.41) is 2.62. The van der Waals surface area contributed by atoms with Crippen molar-refractivity contribution < 1.29 is 0 Å². The summed E-state index contributed by atoms with van der Waals surface area (Å²) >= 11 is 0. The number of hydrogen-bond donors (Lipinski definition) is 0. The summed E-state index contributed by atoms with van der Waals surface area (Å²) in [6.07, 6.45) is 2.13. The molecule has 0 aliphatic rings. The lowest BCUT2D eigenvalue weighted by Crippen LogP contribution is -2.11. The van der Waals surface area contributed by atoms with Gasteiger partial charge in [-0.2, -0.15) is 4.98 Å². The van der Waals surface area contributed by atoms with Crippen LogP contribution < -0.4 is 5.56 Å². The van der Waals surface area contributed by atoms with Crippen molar-refractivity contribution in [2.45, 2.75) is 0 Å². The van der Waals surface area contributed by atoms with Gasteiger partial charge < -0.3 is 0 Å². The molecule has 0 saturated carbocycles. The number of rotatable bonds is 4. The van der Waals surface area contributed by atoms with Gasteiger partial charge in [0.1, 0.15) is 5.65 Å². The second-order valence-electron chi connectivity index (χ2n) is 10.8. The smallest absolute Gasteiger partial charge is 0.281 e. The van der Waals surface area contributed by atoms with E-state index >= 15 is 0 Å². The van der Waals surface area contributed by atoms with Gasteiger partial charge in [0.05, 0.1) is 10.9 Å². The molecule has 0 amide bonds. The Labute approximate surface area is 249 Å². The number of hydrogen-bond acceptors (Lipinski definition) is 2. The summed E-state index contributed by atoms with van der Waals surface area (Å²) in [4.78, 5) is 17.4. The van der Waals surface area contributed by atoms with Crippen LogP contribution in [0, 0.1) is 0 Å². The van der Waals surface area contributed by atoms with Crippen LogP contribution in [-0.4, -0.2) is 9.38 Å². The van der Waals surface area contributed by atoms with Gasteiger partial charge in [0, 0.05) is 17.1 Å². The van der Waals surface area contributed by atoms with Crippen molar-refractivity contribution in [1.29, 1.82) is 0 Å². The first-order chi connectivity index (χ1) is 21.2. The van der Waals surface area contributed by atoms with E-state index in [9.17, 15) is 4.79 Å². The van der Waals surface area contributed by atoms with Crippen molar-refractivity contribution in [3.63, 3.8) is 0 Å². The van der Waals surface area contributed by atoms with Crippen LogP contribution in [0.2, 0.25) is 0 Å². The monoisotopic (exact) mass is 550 g/mol. The van der Waals surface area contributed by atoms with Crippen LogP contribution in [0.15, 0.2) is 163 Å². The zero-order valence-electron chi connectivity index (χ0n) is 23.3. The first-order valence-electron chi connectivity index (χ1n) is 14.4. The molecular weight excluding hydrogens is 524 g/mol. The van der Waals surface area contributed by atoms with Gasteiger partial charge in [-0.15, -0.1) is 0 Å². The van der Waals surface area contributed by atoms with Crippen molar-refractivity contribution in [1.82, 2.24) is 9.38 Å². The van der Waals surface area contributed by atoms with E-state index in [4.69, 9.17) is 0 Å². The second-order valence-corrected chi connectivity index (χ2v) is 10.8. The zero-order chi connectivity index (χ0) is 28.8. The van der Waals surface area contributed by atoms with Crippen LogP contribution in [0.25, 0.3) is 71.8 Å². The fourth-order valence-electron chi connectivity index (χ4n) is 6.11. The molecular formula is C40H26N2O. The topological polar surface area (TPSA) is 34.4 Å². The van der Waals surface area contributed by atoms with E-state index in [0.29, 0.717) is 11.0 Å². The molecule has 8 rings (SSSR count). The van der Waals surface area contributed by atoms with Gasteiger partial charge in [-0.1, -0.05) is 115 Å². The van der Waals surface area contributed by atoms with Gasteiger partial charge in [-0.05, 0) is 80.7 Å². The lowest BCUT2D eigenvalue weighted by atomic mass is 9.91. The summed E-state index contributed by atoms with van der Waals surface area (Å²) in [7, 11) is 0. The molecule has 0 aliphatic heterocycles. The lowest BCUT2D eigenvalue weighted by Gasteiger charge is -2.15. The Hall–Kier alpha value is -5.80. The average molecular weight is 551 g/mol. The van der Waals surface area contributed by atoms with Crippen LogP contribution in [0.5, 0.6) is 0 Å². The van der Waals surface area contributed by atoms with E-state index in [0.717, 1.165) is 38.5 Å². The van der Waals surface area contributed by atoms with E-state index in [2.05, 4.69) is 131 Å². The Morgan fingerprint density at radius 1 is 0.419 bits per heavy atom. The van der Waals surface area contributed by atoms with Gasteiger partial charge in [0.2, 0.25) is 0 Å². The molecule has 6 aromatic carbocycles. The molecule has 8 aromatic rings. The highest BCUT2D eigenvalue weighted by atomic mass is 16.1. The molecule has 2 aromatic heterocycles. The molecule has 0 aliphatic carbocycles. The number of para-hydroxylation sites is 1. The highest BCUT2D eigenvalue weighted by Crippen LogP contribution is 2.36. The number of aromatic nitrogens is 2. The minimum absolute atomic E-state index is 0.206. The third-order valence-electron chi connectivity index (χ3n) is 8.20. The maximum atomic E-state index is 12.9. The van der Waals surface area contributed by atoms with Crippen molar-refractivity contribution >= 4 is 27.3 Å². The molecule has 0 saturated heterocycles. The van der Waals surface area contributed by atoms with Gasteiger partial charge >= 0.3 is 0 Å². The van der Waals surface area contributed by atoms with Crippen molar-refractivity contribution in [3.05, 3.63) is 168 Å². The van der Waals surface area contributed by atoms with Crippen LogP contribution in [0.4, 0.5) is 0 Å². The summed E-state index contributed by atoms with van der Waals surface area (Å²) < 4.78 is 2.06. The highest BCUT2D eigenvalue weighted by molar-refractivity contribution is 6.05. The number of fused-ring (bicyclic) bond motifs is 5. The average Bonchev–Trinajstić information content (AvgIpc) is 3.09. The molecule has 202 valence electrons. The van der Waals surface area contributed by atoms with Crippen LogP contribution in [0.3, 0.4) is 0 Å². The summed E-state index contributed by atoms with van der Waals surface area (Å²) in [6.45, 7) is 0. The van der Waals surface area contributed by atoms with Crippen molar-refractivity contribution in [2.24, 2.45) is 0 Å². The van der Waals surface area contributed by atoms with Gasteiger partial charge in [0.25, 0.3) is 5.56 Å². The maximum Gasteiger partial charge on any atom is 0.281 e. The quantitative estimate of drug-likeness (QED) is 0.204. The minimum atomic E-state index is -0.206. The first-order valence-corrected chi connectivity index (χ1v) is 14.4. The standard InChI is InChI=1S/C40H26N2O/c43-40-36-20-9-10-21-38(36)42-26-37(34-18-7-8-19-35(34)39(42)41-40)30-17-11-16-29(22-30)33-24-31(27-12-3-1-4-13-27)23-32(25-33)28-14-5-2-6-15-28/h1-26H. The highest BCUT2D eigenvalue weighted by Gasteiger charge is 2.14. The molecule has 0 spiro atoms. The number of nitrogens with zero attached hydrogens (tertiary/aromatic N) is 2. The van der Waals surface area contributed by atoms with Gasteiger partial charge in [-0.3, -0.25) is 9.20 Å². The molecule has 2 heterocycles. The van der Waals surface area contributed by atoms with E-state index in [-0.39, 0.29) is 5.56 Å². The first kappa shape index (κ1) is 25.0. The largest absolute Gasteiger partial charge is 0.300 e. The molecule has 3 nitrogen and oxygen atoms in total. The Balaban J connectivity index is 1.36. The Morgan fingerprint density at radius 3 is 1.58 bits per heavy atom. The van der Waals surface area contributed by atoms with Crippen molar-refractivity contribution in [2.75, 3.05) is 0 Å². The molecule has 0 N–H and O–H groups in total. The summed E-state index contributed by atoms with van der Waals surface area (Å²) in [5.74, 6) is 0. The molecule has 0 fully saturated rings. The molecule has 0 unspecified atom stereocenters. The van der Waals surface area contributed by atoms with Crippen LogP contribution in [0.1, 0.15) is 0 Å². The fourth-order valence-corrected chi connectivity index (χ4v) is 6.11. The third-order valence-corrected chi connectivity index (χ3v) is 8.20. The van der Waals surface area contributed by atoms with Crippen molar-refractivity contribution in [3.8, 4) is 44.5 Å². The fraction of sp³-hybridized carbons (Fsp3) is 0. The van der Waals surface area contributed by atoms with E-state index in [1.807, 2.05) is 36.4 Å². The minimum Gasteiger partial charge on any atom is -0.300 e. The van der Waals surface area contributed by atoms with E-state index < -0.39 is 0 Å².